The molecule has 24 heavy (non-hydrogen) atoms. The lowest BCUT2D eigenvalue weighted by molar-refractivity contribution is -0.385. The maximum Gasteiger partial charge on any atom is 0.321 e. The summed E-state index contributed by atoms with van der Waals surface area (Å²) in [6.07, 6.45) is 2.01. The van der Waals surface area contributed by atoms with E-state index < -0.39 is 4.92 Å². The fourth-order valence-corrected chi connectivity index (χ4v) is 2.59. The van der Waals surface area contributed by atoms with Crippen LogP contribution < -0.4 is 15.5 Å². The second kappa shape index (κ2) is 6.71. The first-order valence-electron chi connectivity index (χ1n) is 7.27. The van der Waals surface area contributed by atoms with E-state index in [4.69, 9.17) is 11.6 Å². The third kappa shape index (κ3) is 3.38. The van der Waals surface area contributed by atoms with Crippen LogP contribution in [-0.2, 0) is 0 Å². The molecule has 2 N–H and O–H groups in total. The molecule has 9 heteroatoms. The fraction of sp³-hybridized carbons (Fsp3) is 0.200. The van der Waals surface area contributed by atoms with E-state index in [0.717, 1.165) is 18.3 Å². The number of nitro groups is 1. The smallest absolute Gasteiger partial charge is 0.321 e. The van der Waals surface area contributed by atoms with Gasteiger partial charge in [0.2, 0.25) is 0 Å². The highest BCUT2D eigenvalue weighted by atomic mass is 35.5. The summed E-state index contributed by atoms with van der Waals surface area (Å²) >= 11 is 6.03. The number of hydrogen-bond acceptors (Lipinski definition) is 5. The summed E-state index contributed by atoms with van der Waals surface area (Å²) in [4.78, 5) is 27.7. The van der Waals surface area contributed by atoms with Crippen LogP contribution in [0.3, 0.4) is 0 Å². The van der Waals surface area contributed by atoms with Crippen LogP contribution in [0.4, 0.5) is 27.7 Å². The van der Waals surface area contributed by atoms with Crippen molar-refractivity contribution in [2.75, 3.05) is 23.3 Å². The minimum Gasteiger partial charge on any atom is -0.339 e. The number of anilines is 3. The molecule has 0 aliphatic carbocycles. The topological polar surface area (TPSA) is 100 Å². The molecule has 8 nitrogen and oxygen atoms in total. The molecule has 0 spiro atoms. The van der Waals surface area contributed by atoms with Gasteiger partial charge in [0.15, 0.2) is 0 Å². The van der Waals surface area contributed by atoms with Gasteiger partial charge < -0.3 is 10.6 Å². The Hall–Kier alpha value is -2.87. The van der Waals surface area contributed by atoms with Crippen molar-refractivity contribution in [2.24, 2.45) is 0 Å². The first-order valence-corrected chi connectivity index (χ1v) is 7.65. The zero-order chi connectivity index (χ0) is 17.1. The predicted molar refractivity (Wildman–Crippen MR) is 91.0 cm³/mol. The normalized spacial score (nSPS) is 14.2. The molecule has 2 heterocycles. The van der Waals surface area contributed by atoms with Crippen molar-refractivity contribution in [1.82, 2.24) is 10.3 Å². The molecule has 1 fully saturated rings. The molecule has 0 unspecified atom stereocenters. The third-order valence-corrected chi connectivity index (χ3v) is 3.83. The van der Waals surface area contributed by atoms with Gasteiger partial charge in [-0.25, -0.2) is 9.78 Å². The lowest BCUT2D eigenvalue weighted by Crippen LogP contribution is -2.46. The Kier molecular flexibility index (Phi) is 4.48. The van der Waals surface area contributed by atoms with Crippen molar-refractivity contribution in [2.45, 2.75) is 6.42 Å². The number of hydrogen-bond donors (Lipinski definition) is 2. The van der Waals surface area contributed by atoms with Crippen LogP contribution in [0.1, 0.15) is 6.42 Å². The summed E-state index contributed by atoms with van der Waals surface area (Å²) in [5.41, 5.74) is 1.24. The second-order valence-electron chi connectivity index (χ2n) is 5.19. The van der Waals surface area contributed by atoms with Crippen LogP contribution in [0, 0.1) is 10.1 Å². The van der Waals surface area contributed by atoms with E-state index in [1.165, 1.54) is 6.07 Å². The van der Waals surface area contributed by atoms with Crippen molar-refractivity contribution in [3.63, 3.8) is 0 Å². The number of carbonyl (C=O) groups is 1. The Labute approximate surface area is 142 Å². The number of carbonyl (C=O) groups excluding carboxylic acids is 1. The number of aromatic nitrogens is 1. The van der Waals surface area contributed by atoms with Crippen molar-refractivity contribution < 1.29 is 9.72 Å². The fourth-order valence-electron chi connectivity index (χ4n) is 2.38. The zero-order valence-electron chi connectivity index (χ0n) is 12.5. The third-order valence-electron chi connectivity index (χ3n) is 3.54. The molecular formula is C15H14ClN5O3. The highest BCUT2D eigenvalue weighted by molar-refractivity contribution is 6.33. The summed E-state index contributed by atoms with van der Waals surface area (Å²) in [7, 11) is 0. The quantitative estimate of drug-likeness (QED) is 0.652. The van der Waals surface area contributed by atoms with Gasteiger partial charge in [0.25, 0.3) is 5.69 Å². The van der Waals surface area contributed by atoms with Crippen LogP contribution in [0.5, 0.6) is 0 Å². The molecule has 1 aromatic heterocycles. The molecule has 1 aliphatic heterocycles. The first kappa shape index (κ1) is 16.0. The van der Waals surface area contributed by atoms with E-state index in [1.807, 2.05) is 6.07 Å². The van der Waals surface area contributed by atoms with Gasteiger partial charge in [0.05, 0.1) is 9.95 Å². The molecule has 3 rings (SSSR count). The van der Waals surface area contributed by atoms with E-state index in [0.29, 0.717) is 24.6 Å². The van der Waals surface area contributed by atoms with Crippen molar-refractivity contribution in [1.29, 1.82) is 0 Å². The van der Waals surface area contributed by atoms with E-state index in [-0.39, 0.29) is 16.7 Å². The van der Waals surface area contributed by atoms with Gasteiger partial charge >= 0.3 is 6.03 Å². The van der Waals surface area contributed by atoms with Gasteiger partial charge in [-0.05, 0) is 24.6 Å². The number of amides is 2. The van der Waals surface area contributed by atoms with E-state index in [9.17, 15) is 14.9 Å². The number of rotatable bonds is 4. The van der Waals surface area contributed by atoms with E-state index in [1.54, 1.807) is 23.1 Å². The lowest BCUT2D eigenvalue weighted by atomic mass is 10.2. The first-order chi connectivity index (χ1) is 11.5. The van der Waals surface area contributed by atoms with E-state index >= 15 is 0 Å². The van der Waals surface area contributed by atoms with Gasteiger partial charge in [-0.15, -0.1) is 0 Å². The largest absolute Gasteiger partial charge is 0.339 e. The SMILES string of the molecule is O=C1NCCCN1c1cccc(Nc2ncc([N+](=O)[O-])cc2Cl)c1. The minimum absolute atomic E-state index is 0.134. The Bertz CT molecular complexity index is 798. The molecule has 1 saturated heterocycles. The van der Waals surface area contributed by atoms with Crippen molar-refractivity contribution in [3.8, 4) is 0 Å². The van der Waals surface area contributed by atoms with Gasteiger partial charge in [-0.1, -0.05) is 17.7 Å². The van der Waals surface area contributed by atoms with Crippen LogP contribution in [0.15, 0.2) is 36.5 Å². The highest BCUT2D eigenvalue weighted by Crippen LogP contribution is 2.28. The molecular weight excluding hydrogens is 334 g/mol. The van der Waals surface area contributed by atoms with Gasteiger partial charge in [0, 0.05) is 30.5 Å². The zero-order valence-corrected chi connectivity index (χ0v) is 13.3. The molecule has 1 aliphatic rings. The summed E-state index contributed by atoms with van der Waals surface area (Å²) in [6, 6.07) is 8.33. The van der Waals surface area contributed by atoms with Crippen LogP contribution in [0.2, 0.25) is 5.02 Å². The number of benzene rings is 1. The molecule has 2 aromatic rings. The molecule has 0 radical (unpaired) electrons. The lowest BCUT2D eigenvalue weighted by Gasteiger charge is -2.27. The second-order valence-corrected chi connectivity index (χ2v) is 5.60. The van der Waals surface area contributed by atoms with Gasteiger partial charge in [-0.2, -0.15) is 0 Å². The standard InChI is InChI=1S/C15H14ClN5O3/c16-13-8-12(21(23)24)9-18-14(13)19-10-3-1-4-11(7-10)20-6-2-5-17-15(20)22/h1,3-4,7-9H,2,5-6H2,(H,17,22)(H,18,19). The maximum atomic E-state index is 11.9. The summed E-state index contributed by atoms with van der Waals surface area (Å²) in [6.45, 7) is 1.32. The number of urea groups is 1. The van der Waals surface area contributed by atoms with Crippen LogP contribution >= 0.6 is 11.6 Å². The Morgan fingerprint density at radius 1 is 1.38 bits per heavy atom. The average Bonchev–Trinajstić information content (AvgIpc) is 2.57. The number of nitrogens with zero attached hydrogens (tertiary/aromatic N) is 3. The number of halogens is 1. The molecule has 2 amide bonds. The summed E-state index contributed by atoms with van der Waals surface area (Å²) in [5.74, 6) is 0.308. The average molecular weight is 348 g/mol. The summed E-state index contributed by atoms with van der Waals surface area (Å²) < 4.78 is 0. The van der Waals surface area contributed by atoms with E-state index in [2.05, 4.69) is 15.6 Å². The minimum atomic E-state index is -0.557. The van der Waals surface area contributed by atoms with Crippen LogP contribution in [-0.4, -0.2) is 29.0 Å². The highest BCUT2D eigenvalue weighted by Gasteiger charge is 2.19. The van der Waals surface area contributed by atoms with Gasteiger partial charge in [0.1, 0.15) is 12.0 Å². The molecule has 0 saturated carbocycles. The van der Waals surface area contributed by atoms with Crippen molar-refractivity contribution in [3.05, 3.63) is 51.7 Å². The summed E-state index contributed by atoms with van der Waals surface area (Å²) in [5, 5.41) is 16.7. The Morgan fingerprint density at radius 2 is 2.21 bits per heavy atom. The molecule has 0 bridgehead atoms. The van der Waals surface area contributed by atoms with Gasteiger partial charge in [-0.3, -0.25) is 15.0 Å². The molecule has 1 aromatic carbocycles. The van der Waals surface area contributed by atoms with Crippen LogP contribution in [0.25, 0.3) is 0 Å². The maximum absolute atomic E-state index is 11.9. The number of nitrogens with one attached hydrogen (secondary N) is 2. The Morgan fingerprint density at radius 3 is 2.92 bits per heavy atom. The predicted octanol–water partition coefficient (Wildman–Crippen LogP) is 3.31. The Balaban J connectivity index is 1.82. The van der Waals surface area contributed by atoms with Crippen molar-refractivity contribution >= 4 is 40.5 Å². The number of pyridine rings is 1. The molecule has 124 valence electrons. The monoisotopic (exact) mass is 347 g/mol. The molecule has 0 atom stereocenters.